The highest BCUT2D eigenvalue weighted by atomic mass is 35.5. The van der Waals surface area contributed by atoms with Gasteiger partial charge in [0.15, 0.2) is 0 Å². The SMILES string of the molecule is Fc1ccc(C2(CCNCc3ccc(Cl)s3)CCOC3(CCCCC3)C2)cc1. The van der Waals surface area contributed by atoms with E-state index in [0.29, 0.717) is 0 Å². The molecule has 152 valence electrons. The molecular weight excluding hydrogens is 393 g/mol. The summed E-state index contributed by atoms with van der Waals surface area (Å²) in [5.41, 5.74) is 1.35. The van der Waals surface area contributed by atoms with Gasteiger partial charge in [0, 0.05) is 23.4 Å². The van der Waals surface area contributed by atoms with Crippen LogP contribution in [0.1, 0.15) is 61.8 Å². The fraction of sp³-hybridized carbons (Fsp3) is 0.565. The third-order valence-corrected chi connectivity index (χ3v) is 7.81. The van der Waals surface area contributed by atoms with Crippen molar-refractivity contribution in [3.05, 3.63) is 57.0 Å². The van der Waals surface area contributed by atoms with Gasteiger partial charge >= 0.3 is 0 Å². The van der Waals surface area contributed by atoms with E-state index in [2.05, 4.69) is 11.4 Å². The van der Waals surface area contributed by atoms with Crippen molar-refractivity contribution in [2.75, 3.05) is 13.2 Å². The fourth-order valence-electron chi connectivity index (χ4n) is 5.13. The van der Waals surface area contributed by atoms with Gasteiger partial charge in [-0.25, -0.2) is 4.39 Å². The minimum atomic E-state index is -0.161. The normalized spacial score (nSPS) is 24.5. The van der Waals surface area contributed by atoms with Crippen LogP contribution >= 0.6 is 22.9 Å². The monoisotopic (exact) mass is 421 g/mol. The second-order valence-corrected chi connectivity index (χ2v) is 10.2. The van der Waals surface area contributed by atoms with Crippen molar-refractivity contribution in [2.24, 2.45) is 0 Å². The van der Waals surface area contributed by atoms with Crippen LogP contribution in [-0.2, 0) is 16.7 Å². The summed E-state index contributed by atoms with van der Waals surface area (Å²) in [6.07, 6.45) is 9.27. The highest BCUT2D eigenvalue weighted by Gasteiger charge is 2.46. The number of hydrogen-bond acceptors (Lipinski definition) is 3. The van der Waals surface area contributed by atoms with E-state index in [0.717, 1.165) is 56.1 Å². The Morgan fingerprint density at radius 1 is 1.04 bits per heavy atom. The first-order valence-corrected chi connectivity index (χ1v) is 11.6. The molecule has 1 unspecified atom stereocenters. The molecule has 1 spiro atoms. The number of halogens is 2. The second-order valence-electron chi connectivity index (χ2n) is 8.44. The van der Waals surface area contributed by atoms with Crippen molar-refractivity contribution in [2.45, 2.75) is 68.9 Å². The summed E-state index contributed by atoms with van der Waals surface area (Å²) in [5, 5.41) is 3.60. The van der Waals surface area contributed by atoms with E-state index in [4.69, 9.17) is 16.3 Å². The van der Waals surface area contributed by atoms with Gasteiger partial charge in [-0.1, -0.05) is 43.0 Å². The Morgan fingerprint density at radius 2 is 1.82 bits per heavy atom. The van der Waals surface area contributed by atoms with Crippen LogP contribution in [0.4, 0.5) is 4.39 Å². The lowest BCUT2D eigenvalue weighted by Gasteiger charge is -2.50. The third kappa shape index (κ3) is 4.62. The Kier molecular flexibility index (Phi) is 6.41. The van der Waals surface area contributed by atoms with Crippen molar-refractivity contribution in [3.8, 4) is 0 Å². The Balaban J connectivity index is 1.49. The average molecular weight is 422 g/mol. The first-order valence-electron chi connectivity index (χ1n) is 10.4. The van der Waals surface area contributed by atoms with Crippen LogP contribution in [0, 0.1) is 5.82 Å². The first-order chi connectivity index (χ1) is 13.6. The number of thiophene rings is 1. The molecule has 1 aliphatic carbocycles. The molecule has 1 N–H and O–H groups in total. The lowest BCUT2D eigenvalue weighted by Crippen LogP contribution is -2.49. The van der Waals surface area contributed by atoms with Crippen molar-refractivity contribution in [1.29, 1.82) is 0 Å². The van der Waals surface area contributed by atoms with Gasteiger partial charge in [0.05, 0.1) is 9.94 Å². The van der Waals surface area contributed by atoms with Crippen LogP contribution in [0.2, 0.25) is 4.34 Å². The molecule has 2 fully saturated rings. The number of hydrogen-bond donors (Lipinski definition) is 1. The molecule has 1 aromatic heterocycles. The Hall–Kier alpha value is -0.940. The minimum Gasteiger partial charge on any atom is -0.375 e. The van der Waals surface area contributed by atoms with Crippen molar-refractivity contribution in [3.63, 3.8) is 0 Å². The molecule has 0 bridgehead atoms. The quantitative estimate of drug-likeness (QED) is 0.539. The molecule has 4 rings (SSSR count). The molecule has 1 aliphatic heterocycles. The number of benzene rings is 1. The Morgan fingerprint density at radius 3 is 2.54 bits per heavy atom. The largest absolute Gasteiger partial charge is 0.375 e. The van der Waals surface area contributed by atoms with Gasteiger partial charge in [-0.3, -0.25) is 0 Å². The van der Waals surface area contributed by atoms with E-state index in [1.165, 1.54) is 29.7 Å². The van der Waals surface area contributed by atoms with Crippen LogP contribution in [0.5, 0.6) is 0 Å². The van der Waals surface area contributed by atoms with E-state index in [1.807, 2.05) is 18.2 Å². The molecule has 5 heteroatoms. The predicted octanol–water partition coefficient (Wildman–Crippen LogP) is 6.47. The van der Waals surface area contributed by atoms with E-state index >= 15 is 0 Å². The first kappa shape index (κ1) is 20.3. The number of nitrogens with one attached hydrogen (secondary N) is 1. The van der Waals surface area contributed by atoms with E-state index in [-0.39, 0.29) is 16.8 Å². The maximum atomic E-state index is 13.6. The maximum absolute atomic E-state index is 13.6. The smallest absolute Gasteiger partial charge is 0.123 e. The topological polar surface area (TPSA) is 21.3 Å². The minimum absolute atomic E-state index is 0.0200. The van der Waals surface area contributed by atoms with Crippen molar-refractivity contribution in [1.82, 2.24) is 5.32 Å². The maximum Gasteiger partial charge on any atom is 0.123 e. The zero-order valence-corrected chi connectivity index (χ0v) is 17.9. The van der Waals surface area contributed by atoms with Crippen LogP contribution < -0.4 is 5.32 Å². The summed E-state index contributed by atoms with van der Waals surface area (Å²) in [6, 6.07) is 11.3. The molecule has 2 aliphatic rings. The molecule has 1 saturated carbocycles. The average Bonchev–Trinajstić information content (AvgIpc) is 3.12. The number of rotatable bonds is 6. The van der Waals surface area contributed by atoms with Gasteiger partial charge in [0.25, 0.3) is 0 Å². The Bertz CT molecular complexity index is 766. The third-order valence-electron chi connectivity index (χ3n) is 6.58. The molecule has 2 nitrogen and oxygen atoms in total. The van der Waals surface area contributed by atoms with E-state index in [1.54, 1.807) is 23.5 Å². The van der Waals surface area contributed by atoms with Gasteiger partial charge in [-0.05, 0) is 68.5 Å². The lowest BCUT2D eigenvalue weighted by molar-refractivity contribution is -0.126. The van der Waals surface area contributed by atoms with Gasteiger partial charge in [-0.2, -0.15) is 0 Å². The van der Waals surface area contributed by atoms with Crippen molar-refractivity contribution >= 4 is 22.9 Å². The fourth-order valence-corrected chi connectivity index (χ4v) is 6.19. The summed E-state index contributed by atoms with van der Waals surface area (Å²) < 4.78 is 20.8. The van der Waals surface area contributed by atoms with E-state index < -0.39 is 0 Å². The molecule has 2 aromatic rings. The van der Waals surface area contributed by atoms with Crippen LogP contribution in [0.25, 0.3) is 0 Å². The van der Waals surface area contributed by atoms with Gasteiger partial charge < -0.3 is 10.1 Å². The summed E-state index contributed by atoms with van der Waals surface area (Å²) in [6.45, 7) is 2.58. The number of ether oxygens (including phenoxy) is 1. The van der Waals surface area contributed by atoms with Crippen LogP contribution in [0.3, 0.4) is 0 Å². The zero-order valence-electron chi connectivity index (χ0n) is 16.3. The highest BCUT2D eigenvalue weighted by molar-refractivity contribution is 7.16. The molecule has 2 heterocycles. The zero-order chi connectivity index (χ0) is 19.5. The lowest BCUT2D eigenvalue weighted by atomic mass is 9.63. The second kappa shape index (κ2) is 8.83. The van der Waals surface area contributed by atoms with Crippen LogP contribution in [-0.4, -0.2) is 18.8 Å². The van der Waals surface area contributed by atoms with Gasteiger partial charge in [-0.15, -0.1) is 11.3 Å². The molecule has 1 aromatic carbocycles. The molecular formula is C23H29ClFNOS. The van der Waals surface area contributed by atoms with Crippen LogP contribution in [0.15, 0.2) is 36.4 Å². The summed E-state index contributed by atoms with van der Waals surface area (Å²) >= 11 is 7.67. The summed E-state index contributed by atoms with van der Waals surface area (Å²) in [5.74, 6) is -0.161. The molecule has 1 saturated heterocycles. The van der Waals surface area contributed by atoms with Gasteiger partial charge in [0.1, 0.15) is 5.82 Å². The van der Waals surface area contributed by atoms with Crippen molar-refractivity contribution < 1.29 is 9.13 Å². The van der Waals surface area contributed by atoms with Gasteiger partial charge in [0.2, 0.25) is 0 Å². The summed E-state index contributed by atoms with van der Waals surface area (Å²) in [7, 11) is 0. The molecule has 28 heavy (non-hydrogen) atoms. The Labute approximate surface area is 176 Å². The summed E-state index contributed by atoms with van der Waals surface area (Å²) in [4.78, 5) is 1.26. The molecule has 0 radical (unpaired) electrons. The molecule has 0 amide bonds. The highest BCUT2D eigenvalue weighted by Crippen LogP contribution is 2.49. The molecule has 1 atom stereocenters. The van der Waals surface area contributed by atoms with E-state index in [9.17, 15) is 4.39 Å². The predicted molar refractivity (Wildman–Crippen MR) is 115 cm³/mol. The standard InChI is InChI=1S/C23H29ClFNOS/c24-21-9-8-20(28-21)16-26-14-12-22(18-4-6-19(25)7-5-18)13-15-27-23(17-22)10-2-1-3-11-23/h4-9,26H,1-3,10-17H2.